The van der Waals surface area contributed by atoms with E-state index in [1.165, 1.54) is 4.31 Å². The van der Waals surface area contributed by atoms with Crippen molar-refractivity contribution in [1.29, 1.82) is 5.26 Å². The Hall–Kier alpha value is -3.78. The Balaban J connectivity index is 0.00000580. The van der Waals surface area contributed by atoms with E-state index in [0.717, 1.165) is 57.3 Å². The molecule has 296 valence electrons. The number of imide groups is 2. The molecule has 3 atom stereocenters. The van der Waals surface area contributed by atoms with Gasteiger partial charge in [0.2, 0.25) is 17.7 Å². The summed E-state index contributed by atoms with van der Waals surface area (Å²) in [6.45, 7) is 11.0. The molecule has 2 aromatic rings. The van der Waals surface area contributed by atoms with Gasteiger partial charge in [0.05, 0.1) is 35.8 Å². The summed E-state index contributed by atoms with van der Waals surface area (Å²) in [4.78, 5) is 75.1. The van der Waals surface area contributed by atoms with E-state index in [1.807, 2.05) is 6.07 Å². The van der Waals surface area contributed by atoms with Gasteiger partial charge in [0.1, 0.15) is 17.4 Å². The molecule has 1 aromatic carbocycles. The number of urea groups is 1. The molecule has 4 fully saturated rings. The Labute approximate surface area is 337 Å². The van der Waals surface area contributed by atoms with Crippen LogP contribution in [0.5, 0.6) is 0 Å². The monoisotopic (exact) mass is 814 g/mol. The fourth-order valence-corrected chi connectivity index (χ4v) is 9.36. The van der Waals surface area contributed by atoms with Crippen LogP contribution in [0, 0.1) is 11.3 Å². The van der Waals surface area contributed by atoms with E-state index in [1.54, 1.807) is 55.3 Å². The lowest BCUT2D eigenvalue weighted by atomic mass is 9.89. The van der Waals surface area contributed by atoms with Crippen LogP contribution in [-0.2, 0) is 23.9 Å². The van der Waals surface area contributed by atoms with Crippen LogP contribution in [0.1, 0.15) is 83.3 Å². The highest BCUT2D eigenvalue weighted by Crippen LogP contribution is 2.41. The van der Waals surface area contributed by atoms with Crippen LogP contribution < -0.4 is 10.6 Å². The zero-order chi connectivity index (χ0) is 38.7. The van der Waals surface area contributed by atoms with Crippen molar-refractivity contribution in [1.82, 2.24) is 29.3 Å². The van der Waals surface area contributed by atoms with E-state index in [2.05, 4.69) is 39.3 Å². The van der Waals surface area contributed by atoms with Gasteiger partial charge in [-0.05, 0) is 108 Å². The highest BCUT2D eigenvalue weighted by molar-refractivity contribution is 7.98. The molecule has 4 aliphatic rings. The molecule has 1 aromatic heterocycles. The minimum absolute atomic E-state index is 0. The summed E-state index contributed by atoms with van der Waals surface area (Å²) in [5, 5.41) is 14.7. The van der Waals surface area contributed by atoms with Gasteiger partial charge in [0.25, 0.3) is 5.91 Å². The lowest BCUT2D eigenvalue weighted by Gasteiger charge is -2.44. The number of nitriles is 1. The number of amides is 6. The van der Waals surface area contributed by atoms with Crippen molar-refractivity contribution in [2.75, 3.05) is 38.1 Å². The zero-order valence-corrected chi connectivity index (χ0v) is 33.8. The molecule has 3 aliphatic heterocycles. The third kappa shape index (κ3) is 9.61. The molecule has 0 bridgehead atoms. The van der Waals surface area contributed by atoms with E-state index in [4.69, 9.17) is 16.3 Å². The van der Waals surface area contributed by atoms with Crippen LogP contribution in [0.15, 0.2) is 41.4 Å². The number of ether oxygens (including phenoxy) is 1. The van der Waals surface area contributed by atoms with E-state index in [0.29, 0.717) is 34.9 Å². The maximum atomic E-state index is 13.6. The molecule has 4 heterocycles. The first kappa shape index (κ1) is 42.4. The van der Waals surface area contributed by atoms with Crippen molar-refractivity contribution in [2.45, 2.75) is 107 Å². The molecular formula is C38H48Cl2N8O6S. The largest absolute Gasteiger partial charge is 0.377 e. The van der Waals surface area contributed by atoms with Gasteiger partial charge in [-0.25, -0.2) is 9.78 Å². The standard InChI is InChI=1S/C38H47ClN8O6S.ClH/c1-23-20-44(21-24(2)45(23)22-34(49)42-32-17-25(13-14-41-32)30-11-12-33(48)43-35(30)50)15-16-53-28-8-6-27(7-9-28)46-37(52)47(36(51)38(46,3)4)54-29-10-5-26(19-40)31(39)18-29;/h5,10,13-14,17-18,23-24,27-28,30H,6-9,11-12,15-16,20-22H2,1-4H3,(H,41,42,49)(H,43,48,50);1H/t23-,24+,27?,28?,30?;. The summed E-state index contributed by atoms with van der Waals surface area (Å²) < 4.78 is 7.54. The predicted molar refractivity (Wildman–Crippen MR) is 209 cm³/mol. The zero-order valence-electron chi connectivity index (χ0n) is 31.5. The summed E-state index contributed by atoms with van der Waals surface area (Å²) in [6, 6.07) is 10.2. The number of benzene rings is 1. The fourth-order valence-electron chi connectivity index (χ4n) is 8.09. The molecule has 55 heavy (non-hydrogen) atoms. The van der Waals surface area contributed by atoms with Crippen LogP contribution >= 0.6 is 36.0 Å². The Bertz CT molecular complexity index is 1820. The Kier molecular flexibility index (Phi) is 13.9. The van der Waals surface area contributed by atoms with Crippen molar-refractivity contribution < 1.29 is 28.7 Å². The fraction of sp³-hybridized carbons (Fsp3) is 0.553. The number of hydrogen-bond donors (Lipinski definition) is 2. The third-order valence-corrected chi connectivity index (χ3v) is 12.2. The molecule has 17 heteroatoms. The molecule has 3 saturated heterocycles. The highest BCUT2D eigenvalue weighted by atomic mass is 35.5. The lowest BCUT2D eigenvalue weighted by Crippen LogP contribution is -2.58. The Morgan fingerprint density at radius 3 is 2.44 bits per heavy atom. The average molecular weight is 816 g/mol. The van der Waals surface area contributed by atoms with Gasteiger partial charge < -0.3 is 15.0 Å². The summed E-state index contributed by atoms with van der Waals surface area (Å²) in [6.07, 6.45) is 5.39. The Morgan fingerprint density at radius 2 is 1.78 bits per heavy atom. The molecule has 6 amide bonds. The molecular weight excluding hydrogens is 767 g/mol. The van der Waals surface area contributed by atoms with Crippen LogP contribution in [-0.4, -0.2) is 116 Å². The number of anilines is 1. The first-order valence-corrected chi connectivity index (χ1v) is 19.6. The molecule has 1 saturated carbocycles. The van der Waals surface area contributed by atoms with Gasteiger partial charge in [0, 0.05) is 55.3 Å². The summed E-state index contributed by atoms with van der Waals surface area (Å²) in [5.74, 6) is -1.14. The molecule has 1 unspecified atom stereocenters. The van der Waals surface area contributed by atoms with Crippen molar-refractivity contribution in [3.63, 3.8) is 0 Å². The van der Waals surface area contributed by atoms with Gasteiger partial charge in [-0.2, -0.15) is 9.57 Å². The van der Waals surface area contributed by atoms with E-state index in [9.17, 15) is 29.2 Å². The normalized spacial score (nSPS) is 26.0. The van der Waals surface area contributed by atoms with Gasteiger partial charge in [-0.15, -0.1) is 12.4 Å². The van der Waals surface area contributed by atoms with Gasteiger partial charge in [-0.1, -0.05) is 11.6 Å². The minimum Gasteiger partial charge on any atom is -0.377 e. The quantitative estimate of drug-likeness (QED) is 0.179. The van der Waals surface area contributed by atoms with E-state index in [-0.39, 0.29) is 84.3 Å². The Morgan fingerprint density at radius 1 is 1.07 bits per heavy atom. The van der Waals surface area contributed by atoms with Crippen molar-refractivity contribution in [3.05, 3.63) is 52.7 Å². The van der Waals surface area contributed by atoms with Gasteiger partial charge in [0.15, 0.2) is 0 Å². The number of piperazine rings is 1. The van der Waals surface area contributed by atoms with Gasteiger partial charge in [-0.3, -0.25) is 34.3 Å². The minimum atomic E-state index is -0.991. The molecule has 1 aliphatic carbocycles. The van der Waals surface area contributed by atoms with Crippen LogP contribution in [0.25, 0.3) is 0 Å². The highest BCUT2D eigenvalue weighted by Gasteiger charge is 2.54. The first-order valence-electron chi connectivity index (χ1n) is 18.5. The SMILES string of the molecule is C[C@@H]1CN(CCOC2CCC(N3C(=O)N(Sc4ccc(C#N)c(Cl)c4)C(=O)C3(C)C)CC2)C[C@H](C)N1CC(=O)Nc1cc(C2CCC(=O)NC2=O)ccn1.Cl. The van der Waals surface area contributed by atoms with E-state index >= 15 is 0 Å². The first-order chi connectivity index (χ1) is 25.7. The molecule has 2 N–H and O–H groups in total. The summed E-state index contributed by atoms with van der Waals surface area (Å²) in [7, 11) is 0. The predicted octanol–water partition coefficient (Wildman–Crippen LogP) is 4.96. The number of pyridine rings is 1. The van der Waals surface area contributed by atoms with Gasteiger partial charge >= 0.3 is 6.03 Å². The topological polar surface area (TPSA) is 168 Å². The number of carbonyl (C=O) groups is 5. The smallest absolute Gasteiger partial charge is 0.338 e. The number of rotatable bonds is 11. The summed E-state index contributed by atoms with van der Waals surface area (Å²) >= 11 is 7.22. The molecule has 14 nitrogen and oxygen atoms in total. The number of piperidine rings is 1. The molecule has 0 radical (unpaired) electrons. The number of aromatic nitrogens is 1. The van der Waals surface area contributed by atoms with Crippen molar-refractivity contribution >= 4 is 71.4 Å². The summed E-state index contributed by atoms with van der Waals surface area (Å²) in [5.41, 5.74) is 0.0554. The maximum absolute atomic E-state index is 13.6. The second-order valence-electron chi connectivity index (χ2n) is 15.1. The third-order valence-electron chi connectivity index (χ3n) is 10.9. The second-order valence-corrected chi connectivity index (χ2v) is 16.5. The average Bonchev–Trinajstić information content (AvgIpc) is 3.29. The molecule has 0 spiro atoms. The maximum Gasteiger partial charge on any atom is 0.338 e. The molecule has 6 rings (SSSR count). The van der Waals surface area contributed by atoms with Crippen molar-refractivity contribution in [3.8, 4) is 6.07 Å². The number of carbonyl (C=O) groups excluding carboxylic acids is 5. The lowest BCUT2D eigenvalue weighted by molar-refractivity contribution is -0.134. The van der Waals surface area contributed by atoms with Crippen LogP contribution in [0.2, 0.25) is 5.02 Å². The number of nitrogens with zero attached hydrogens (tertiary/aromatic N) is 6. The van der Waals surface area contributed by atoms with Crippen molar-refractivity contribution in [2.24, 2.45) is 0 Å². The number of nitrogens with one attached hydrogen (secondary N) is 2. The number of hydrogen-bond acceptors (Lipinski definition) is 11. The number of halogens is 2. The van der Waals surface area contributed by atoms with Crippen LogP contribution in [0.4, 0.5) is 10.6 Å². The second kappa shape index (κ2) is 18.0. The van der Waals surface area contributed by atoms with E-state index < -0.39 is 11.5 Å². The van der Waals surface area contributed by atoms with Crippen LogP contribution in [0.3, 0.4) is 0 Å².